The van der Waals surface area contributed by atoms with Crippen LogP contribution in [-0.2, 0) is 0 Å². The maximum absolute atomic E-state index is 4.03. The van der Waals surface area contributed by atoms with Gasteiger partial charge in [0.15, 0.2) is 0 Å². The Hall–Kier alpha value is -0.890. The molecule has 0 saturated carbocycles. The average Bonchev–Trinajstić information content (AvgIpc) is 2.36. The van der Waals surface area contributed by atoms with Gasteiger partial charge in [-0.25, -0.2) is 0 Å². The molecule has 0 unspecified atom stereocenters. The van der Waals surface area contributed by atoms with Crippen molar-refractivity contribution in [3.05, 3.63) is 29.3 Å². The lowest BCUT2D eigenvalue weighted by Crippen LogP contribution is -1.65. The van der Waals surface area contributed by atoms with Gasteiger partial charge in [-0.3, -0.25) is 0 Å². The van der Waals surface area contributed by atoms with Crippen LogP contribution in [0.25, 0.3) is 12.2 Å². The molecular weight excluding hydrogens is 142 g/mol. The topological polar surface area (TPSA) is 12.9 Å². The zero-order valence-corrected chi connectivity index (χ0v) is 6.69. The Morgan fingerprint density at radius 3 is 3.10 bits per heavy atom. The van der Waals surface area contributed by atoms with E-state index < -0.39 is 0 Å². The van der Waals surface area contributed by atoms with E-state index in [9.17, 15) is 0 Å². The van der Waals surface area contributed by atoms with E-state index in [0.29, 0.717) is 0 Å². The van der Waals surface area contributed by atoms with Crippen molar-refractivity contribution in [3.8, 4) is 0 Å². The second kappa shape index (κ2) is 3.32. The molecule has 0 bridgehead atoms. The second-order valence-electron chi connectivity index (χ2n) is 1.85. The van der Waals surface area contributed by atoms with Gasteiger partial charge in [0.2, 0.25) is 0 Å². The van der Waals surface area contributed by atoms with E-state index >= 15 is 0 Å². The first-order chi connectivity index (χ1) is 4.88. The van der Waals surface area contributed by atoms with Gasteiger partial charge >= 0.3 is 0 Å². The number of rotatable bonds is 2. The summed E-state index contributed by atoms with van der Waals surface area (Å²) in [6, 6.07) is 0. The molecule has 10 heavy (non-hydrogen) atoms. The summed E-state index contributed by atoms with van der Waals surface area (Å²) in [4.78, 5) is 1.14. The van der Waals surface area contributed by atoms with E-state index in [2.05, 4.69) is 11.0 Å². The summed E-state index contributed by atoms with van der Waals surface area (Å²) in [5.74, 6) is 0. The van der Waals surface area contributed by atoms with Crippen molar-refractivity contribution in [1.82, 2.24) is 4.37 Å². The molecule has 1 aromatic heterocycles. The molecule has 2 heteroatoms. The molecule has 0 aliphatic heterocycles. The van der Waals surface area contributed by atoms with Gasteiger partial charge in [0.25, 0.3) is 0 Å². The number of hydrogen-bond donors (Lipinski definition) is 0. The SMILES string of the molecule is C=Cc1sncc1/C=C\C. The summed E-state index contributed by atoms with van der Waals surface area (Å²) in [5.41, 5.74) is 1.16. The van der Waals surface area contributed by atoms with E-state index in [1.807, 2.05) is 31.3 Å². The lowest BCUT2D eigenvalue weighted by atomic mass is 10.2. The molecule has 0 atom stereocenters. The standard InChI is InChI=1S/C8H9NS/c1-3-5-7-6-9-10-8(7)4-2/h3-6H,2H2,1H3/b5-3-. The summed E-state index contributed by atoms with van der Waals surface area (Å²) < 4.78 is 4.03. The normalized spacial score (nSPS) is 10.5. The third kappa shape index (κ3) is 1.33. The lowest BCUT2D eigenvalue weighted by molar-refractivity contribution is 1.56. The van der Waals surface area contributed by atoms with Crippen molar-refractivity contribution < 1.29 is 0 Å². The van der Waals surface area contributed by atoms with Crippen LogP contribution in [0.1, 0.15) is 17.4 Å². The Balaban J connectivity index is 3.00. The number of allylic oxidation sites excluding steroid dienone is 1. The van der Waals surface area contributed by atoms with Gasteiger partial charge in [0.1, 0.15) is 0 Å². The molecule has 0 aliphatic carbocycles. The summed E-state index contributed by atoms with van der Waals surface area (Å²) in [6.07, 6.45) is 7.70. The van der Waals surface area contributed by atoms with E-state index in [1.54, 1.807) is 0 Å². The van der Waals surface area contributed by atoms with Crippen LogP contribution in [-0.4, -0.2) is 4.37 Å². The molecule has 1 rings (SSSR count). The van der Waals surface area contributed by atoms with Gasteiger partial charge in [-0.2, -0.15) is 4.37 Å². The van der Waals surface area contributed by atoms with Crippen molar-refractivity contribution in [2.24, 2.45) is 0 Å². The van der Waals surface area contributed by atoms with Crippen molar-refractivity contribution in [1.29, 1.82) is 0 Å². The van der Waals surface area contributed by atoms with E-state index in [4.69, 9.17) is 0 Å². The van der Waals surface area contributed by atoms with Crippen LogP contribution in [0.3, 0.4) is 0 Å². The van der Waals surface area contributed by atoms with Gasteiger partial charge in [-0.1, -0.05) is 18.7 Å². The van der Waals surface area contributed by atoms with Crippen LogP contribution in [0.15, 0.2) is 18.9 Å². The highest BCUT2D eigenvalue weighted by Gasteiger charge is 1.95. The Morgan fingerprint density at radius 2 is 2.50 bits per heavy atom. The van der Waals surface area contributed by atoms with Crippen LogP contribution in [0.4, 0.5) is 0 Å². The van der Waals surface area contributed by atoms with Gasteiger partial charge in [-0.15, -0.1) is 0 Å². The first-order valence-corrected chi connectivity index (χ1v) is 3.85. The van der Waals surface area contributed by atoms with Crippen molar-refractivity contribution in [2.75, 3.05) is 0 Å². The Morgan fingerprint density at radius 1 is 1.70 bits per heavy atom. The molecule has 0 spiro atoms. The minimum atomic E-state index is 1.14. The molecule has 0 aliphatic rings. The van der Waals surface area contributed by atoms with Crippen molar-refractivity contribution >= 4 is 23.7 Å². The second-order valence-corrected chi connectivity index (χ2v) is 2.68. The molecule has 0 N–H and O–H groups in total. The van der Waals surface area contributed by atoms with Crippen LogP contribution in [0.2, 0.25) is 0 Å². The molecule has 0 radical (unpaired) electrons. The monoisotopic (exact) mass is 151 g/mol. The molecule has 52 valence electrons. The first-order valence-electron chi connectivity index (χ1n) is 3.08. The van der Waals surface area contributed by atoms with E-state index in [-0.39, 0.29) is 0 Å². The third-order valence-electron chi connectivity index (χ3n) is 1.16. The smallest absolute Gasteiger partial charge is 0.0543 e. The van der Waals surface area contributed by atoms with Gasteiger partial charge in [0.05, 0.1) is 4.88 Å². The average molecular weight is 151 g/mol. The predicted molar refractivity (Wildman–Crippen MR) is 46.9 cm³/mol. The van der Waals surface area contributed by atoms with Crippen LogP contribution in [0.5, 0.6) is 0 Å². The molecular formula is C8H9NS. The van der Waals surface area contributed by atoms with Gasteiger partial charge in [0, 0.05) is 11.8 Å². The van der Waals surface area contributed by atoms with E-state index in [1.165, 1.54) is 11.5 Å². The summed E-state index contributed by atoms with van der Waals surface area (Å²) in [6.45, 7) is 5.67. The maximum Gasteiger partial charge on any atom is 0.0543 e. The summed E-state index contributed by atoms with van der Waals surface area (Å²) in [7, 11) is 0. The Bertz CT molecular complexity index is 248. The fourth-order valence-electron chi connectivity index (χ4n) is 0.716. The molecule has 1 aromatic rings. The van der Waals surface area contributed by atoms with E-state index in [0.717, 1.165) is 10.4 Å². The number of aromatic nitrogens is 1. The Kier molecular flexibility index (Phi) is 2.40. The third-order valence-corrected chi connectivity index (χ3v) is 1.97. The predicted octanol–water partition coefficient (Wildman–Crippen LogP) is 2.82. The zero-order chi connectivity index (χ0) is 7.40. The highest BCUT2D eigenvalue weighted by atomic mass is 32.1. The highest BCUT2D eigenvalue weighted by molar-refractivity contribution is 7.07. The first kappa shape index (κ1) is 7.22. The summed E-state index contributed by atoms with van der Waals surface area (Å²) in [5, 5.41) is 0. The minimum Gasteiger partial charge on any atom is -0.200 e. The zero-order valence-electron chi connectivity index (χ0n) is 5.87. The van der Waals surface area contributed by atoms with Crippen LogP contribution < -0.4 is 0 Å². The highest BCUT2D eigenvalue weighted by Crippen LogP contribution is 2.15. The molecule has 0 amide bonds. The molecule has 0 aromatic carbocycles. The molecule has 1 heterocycles. The minimum absolute atomic E-state index is 1.14. The van der Waals surface area contributed by atoms with Crippen molar-refractivity contribution in [3.63, 3.8) is 0 Å². The number of nitrogens with zero attached hydrogens (tertiary/aromatic N) is 1. The fraction of sp³-hybridized carbons (Fsp3) is 0.125. The largest absolute Gasteiger partial charge is 0.200 e. The maximum atomic E-state index is 4.03. The fourth-order valence-corrected chi connectivity index (χ4v) is 1.30. The Labute approximate surface area is 64.9 Å². The quantitative estimate of drug-likeness (QED) is 0.633. The van der Waals surface area contributed by atoms with Crippen molar-refractivity contribution in [2.45, 2.75) is 6.92 Å². The molecule has 0 saturated heterocycles. The molecule has 0 fully saturated rings. The molecule has 1 nitrogen and oxygen atoms in total. The van der Waals surface area contributed by atoms with Crippen LogP contribution in [0, 0.1) is 0 Å². The number of hydrogen-bond acceptors (Lipinski definition) is 2. The van der Waals surface area contributed by atoms with Gasteiger partial charge in [-0.05, 0) is 24.5 Å². The van der Waals surface area contributed by atoms with Crippen LogP contribution >= 0.6 is 11.5 Å². The van der Waals surface area contributed by atoms with Gasteiger partial charge < -0.3 is 0 Å². The summed E-state index contributed by atoms with van der Waals surface area (Å²) >= 11 is 1.47. The lowest BCUT2D eigenvalue weighted by Gasteiger charge is -1.84.